The summed E-state index contributed by atoms with van der Waals surface area (Å²) in [6.07, 6.45) is 5.59. The van der Waals surface area contributed by atoms with Crippen molar-refractivity contribution in [1.29, 1.82) is 0 Å². The summed E-state index contributed by atoms with van der Waals surface area (Å²) < 4.78 is 0. The summed E-state index contributed by atoms with van der Waals surface area (Å²) in [6, 6.07) is 0. The average molecular weight is 201 g/mol. The number of aliphatic hydroxyl groups excluding tert-OH is 1. The molecule has 2 aliphatic rings. The summed E-state index contributed by atoms with van der Waals surface area (Å²) in [6.45, 7) is 1.79. The number of aliphatic hydroxyl groups is 1. The molecule has 3 heteroatoms. The Morgan fingerprint density at radius 1 is 1.23 bits per heavy atom. The van der Waals surface area contributed by atoms with Crippen molar-refractivity contribution in [2.75, 3.05) is 18.8 Å². The minimum Gasteiger partial charge on any atom is -0.391 e. The smallest absolute Gasteiger partial charge is 0.0795 e. The molecule has 2 nitrogen and oxygen atoms in total. The number of hydrogen-bond acceptors (Lipinski definition) is 3. The Morgan fingerprint density at radius 3 is 2.62 bits per heavy atom. The van der Waals surface area contributed by atoms with Gasteiger partial charge in [0.2, 0.25) is 0 Å². The number of rotatable bonds is 3. The van der Waals surface area contributed by atoms with Crippen LogP contribution in [-0.2, 0) is 0 Å². The summed E-state index contributed by atoms with van der Waals surface area (Å²) in [5.41, 5.74) is 0. The van der Waals surface area contributed by atoms with Gasteiger partial charge in [-0.15, -0.1) is 0 Å². The van der Waals surface area contributed by atoms with Gasteiger partial charge in [0.25, 0.3) is 0 Å². The zero-order chi connectivity index (χ0) is 9.10. The molecule has 2 N–H and O–H groups in total. The third kappa shape index (κ3) is 2.61. The predicted octanol–water partition coefficient (Wildman–Crippen LogP) is 1.24. The molecule has 76 valence electrons. The molecular formula is C10H19NOS. The molecule has 1 aliphatic heterocycles. The van der Waals surface area contributed by atoms with Crippen LogP contribution in [0, 0.1) is 5.92 Å². The Labute approximate surface area is 84.5 Å². The summed E-state index contributed by atoms with van der Waals surface area (Å²) in [5.74, 6) is 2.21. The molecule has 0 aromatic rings. The number of β-amino-alcohol motifs (C(OH)–C–C–N with tert-alkyl or cyclic N) is 1. The minimum atomic E-state index is -0.105. The average Bonchev–Trinajstić information content (AvgIpc) is 2.72. The molecule has 0 aromatic heterocycles. The van der Waals surface area contributed by atoms with Crippen molar-refractivity contribution in [2.24, 2.45) is 5.92 Å². The van der Waals surface area contributed by atoms with E-state index in [0.29, 0.717) is 5.25 Å². The van der Waals surface area contributed by atoms with E-state index in [1.807, 2.05) is 11.8 Å². The molecule has 0 amide bonds. The van der Waals surface area contributed by atoms with Crippen LogP contribution in [0.4, 0.5) is 0 Å². The quantitative estimate of drug-likeness (QED) is 0.720. The van der Waals surface area contributed by atoms with Gasteiger partial charge in [0, 0.05) is 18.3 Å². The van der Waals surface area contributed by atoms with Crippen LogP contribution in [0.25, 0.3) is 0 Å². The first-order chi connectivity index (χ1) is 6.36. The van der Waals surface area contributed by atoms with Crippen LogP contribution in [0.3, 0.4) is 0 Å². The fraction of sp³-hybridized carbons (Fsp3) is 1.00. The Morgan fingerprint density at radius 2 is 2.00 bits per heavy atom. The summed E-state index contributed by atoms with van der Waals surface area (Å²) in [5, 5.41) is 13.3. The lowest BCUT2D eigenvalue weighted by Crippen LogP contribution is -2.21. The highest BCUT2D eigenvalue weighted by atomic mass is 32.2. The van der Waals surface area contributed by atoms with Crippen LogP contribution in [0.5, 0.6) is 0 Å². The van der Waals surface area contributed by atoms with E-state index in [1.165, 1.54) is 31.4 Å². The van der Waals surface area contributed by atoms with E-state index in [-0.39, 0.29) is 6.10 Å². The van der Waals surface area contributed by atoms with Gasteiger partial charge < -0.3 is 10.4 Å². The Hall–Kier alpha value is 0.270. The molecule has 0 unspecified atom stereocenters. The van der Waals surface area contributed by atoms with Crippen molar-refractivity contribution >= 4 is 11.8 Å². The van der Waals surface area contributed by atoms with Gasteiger partial charge in [0.1, 0.15) is 0 Å². The second-order valence-electron chi connectivity index (χ2n) is 4.25. The Balaban J connectivity index is 1.66. The summed E-state index contributed by atoms with van der Waals surface area (Å²) >= 11 is 1.98. The van der Waals surface area contributed by atoms with E-state index in [0.717, 1.165) is 19.0 Å². The minimum absolute atomic E-state index is 0.105. The molecule has 1 heterocycles. The summed E-state index contributed by atoms with van der Waals surface area (Å²) in [7, 11) is 0. The van der Waals surface area contributed by atoms with Gasteiger partial charge in [-0.05, 0) is 24.5 Å². The number of hydrogen-bond donors (Lipinski definition) is 2. The van der Waals surface area contributed by atoms with Crippen LogP contribution in [0.15, 0.2) is 0 Å². The number of thioether (sulfide) groups is 1. The van der Waals surface area contributed by atoms with Gasteiger partial charge in [0.05, 0.1) is 6.10 Å². The third-order valence-electron chi connectivity index (χ3n) is 3.15. The van der Waals surface area contributed by atoms with Crippen molar-refractivity contribution in [3.8, 4) is 0 Å². The zero-order valence-corrected chi connectivity index (χ0v) is 8.85. The van der Waals surface area contributed by atoms with Crippen LogP contribution in [0.1, 0.15) is 25.7 Å². The highest BCUT2D eigenvalue weighted by molar-refractivity contribution is 8.00. The molecule has 2 atom stereocenters. The van der Waals surface area contributed by atoms with Crippen LogP contribution >= 0.6 is 11.8 Å². The fourth-order valence-electron chi connectivity index (χ4n) is 2.25. The van der Waals surface area contributed by atoms with Crippen LogP contribution < -0.4 is 5.32 Å². The van der Waals surface area contributed by atoms with Crippen molar-refractivity contribution in [3.05, 3.63) is 0 Å². The van der Waals surface area contributed by atoms with E-state index >= 15 is 0 Å². The predicted molar refractivity (Wildman–Crippen MR) is 57.1 cm³/mol. The molecule has 0 radical (unpaired) electrons. The van der Waals surface area contributed by atoms with Gasteiger partial charge >= 0.3 is 0 Å². The molecular weight excluding hydrogens is 182 g/mol. The SMILES string of the molecule is O[C@@H]1CNC[C@H]1SCC1CCCC1. The maximum absolute atomic E-state index is 9.58. The molecule has 1 saturated heterocycles. The van der Waals surface area contributed by atoms with E-state index in [4.69, 9.17) is 0 Å². The molecule has 1 saturated carbocycles. The first-order valence-corrected chi connectivity index (χ1v) is 6.41. The van der Waals surface area contributed by atoms with Gasteiger partial charge in [0.15, 0.2) is 0 Å². The van der Waals surface area contributed by atoms with Crippen LogP contribution in [-0.4, -0.2) is 35.3 Å². The van der Waals surface area contributed by atoms with E-state index in [9.17, 15) is 5.11 Å². The van der Waals surface area contributed by atoms with E-state index in [2.05, 4.69) is 5.32 Å². The normalized spacial score (nSPS) is 35.8. The lowest BCUT2D eigenvalue weighted by atomic mass is 10.1. The highest BCUT2D eigenvalue weighted by Gasteiger charge is 2.26. The fourth-order valence-corrected chi connectivity index (χ4v) is 3.65. The van der Waals surface area contributed by atoms with Gasteiger partial charge in [-0.3, -0.25) is 0 Å². The third-order valence-corrected chi connectivity index (χ3v) is 4.72. The first-order valence-electron chi connectivity index (χ1n) is 5.36. The highest BCUT2D eigenvalue weighted by Crippen LogP contribution is 2.30. The molecule has 0 spiro atoms. The second kappa shape index (κ2) is 4.67. The molecule has 1 aliphatic carbocycles. The van der Waals surface area contributed by atoms with Crippen molar-refractivity contribution in [3.63, 3.8) is 0 Å². The first kappa shape index (κ1) is 9.81. The van der Waals surface area contributed by atoms with E-state index < -0.39 is 0 Å². The second-order valence-corrected chi connectivity index (χ2v) is 5.52. The zero-order valence-electron chi connectivity index (χ0n) is 8.04. The van der Waals surface area contributed by atoms with Crippen molar-refractivity contribution in [2.45, 2.75) is 37.0 Å². The lowest BCUT2D eigenvalue weighted by molar-refractivity contribution is 0.201. The molecule has 2 rings (SSSR count). The molecule has 0 aromatic carbocycles. The summed E-state index contributed by atoms with van der Waals surface area (Å²) in [4.78, 5) is 0. The van der Waals surface area contributed by atoms with Crippen molar-refractivity contribution in [1.82, 2.24) is 5.32 Å². The Bertz CT molecular complexity index is 159. The molecule has 13 heavy (non-hydrogen) atoms. The van der Waals surface area contributed by atoms with Crippen LogP contribution in [0.2, 0.25) is 0 Å². The maximum atomic E-state index is 9.58. The standard InChI is InChI=1S/C10H19NOS/c12-9-5-11-6-10(9)13-7-8-3-1-2-4-8/h8-12H,1-7H2/t9-,10-/m1/s1. The molecule has 0 bridgehead atoms. The molecule has 2 fully saturated rings. The van der Waals surface area contributed by atoms with Gasteiger partial charge in [-0.2, -0.15) is 11.8 Å². The lowest BCUT2D eigenvalue weighted by Gasteiger charge is -2.15. The number of nitrogens with one attached hydrogen (secondary N) is 1. The van der Waals surface area contributed by atoms with Gasteiger partial charge in [-0.25, -0.2) is 0 Å². The van der Waals surface area contributed by atoms with Crippen molar-refractivity contribution < 1.29 is 5.11 Å². The Kier molecular flexibility index (Phi) is 3.52. The van der Waals surface area contributed by atoms with E-state index in [1.54, 1.807) is 0 Å². The van der Waals surface area contributed by atoms with Gasteiger partial charge in [-0.1, -0.05) is 12.8 Å². The maximum Gasteiger partial charge on any atom is 0.0795 e. The monoisotopic (exact) mass is 201 g/mol. The topological polar surface area (TPSA) is 32.3 Å². The largest absolute Gasteiger partial charge is 0.391 e.